The topological polar surface area (TPSA) is 75.1 Å². The van der Waals surface area contributed by atoms with Crippen molar-refractivity contribution < 1.29 is 9.53 Å². The average Bonchev–Trinajstić information content (AvgIpc) is 3.10. The Hall–Kier alpha value is -2.45. The lowest BCUT2D eigenvalue weighted by molar-refractivity contribution is -0.120. The van der Waals surface area contributed by atoms with Gasteiger partial charge in [-0.3, -0.25) is 4.79 Å². The van der Waals surface area contributed by atoms with Gasteiger partial charge >= 0.3 is 0 Å². The molecule has 24 heavy (non-hydrogen) atoms. The van der Waals surface area contributed by atoms with E-state index in [1.807, 2.05) is 48.5 Å². The molecule has 0 saturated heterocycles. The van der Waals surface area contributed by atoms with Crippen molar-refractivity contribution in [3.05, 3.63) is 54.6 Å². The Balaban J connectivity index is 1.58. The molecule has 8 heteroatoms. The van der Waals surface area contributed by atoms with Gasteiger partial charge < -0.3 is 15.4 Å². The van der Waals surface area contributed by atoms with E-state index in [1.165, 1.54) is 11.9 Å². The van der Waals surface area contributed by atoms with Crippen molar-refractivity contribution >= 4 is 40.9 Å². The van der Waals surface area contributed by atoms with Gasteiger partial charge in [-0.2, -0.15) is 5.11 Å². The first kappa shape index (κ1) is 16.4. The number of hydrogen-bond donors (Lipinski definition) is 2. The third kappa shape index (κ3) is 4.53. The number of amides is 1. The van der Waals surface area contributed by atoms with E-state index in [4.69, 9.17) is 17.0 Å². The van der Waals surface area contributed by atoms with Gasteiger partial charge in [0.05, 0.1) is 5.75 Å². The van der Waals surface area contributed by atoms with Crippen molar-refractivity contribution in [3.63, 3.8) is 0 Å². The van der Waals surface area contributed by atoms with Crippen LogP contribution in [-0.4, -0.2) is 22.8 Å². The molecule has 1 heterocycles. The van der Waals surface area contributed by atoms with E-state index in [-0.39, 0.29) is 11.0 Å². The number of thiocarbonyl (C=S) groups is 1. The predicted molar refractivity (Wildman–Crippen MR) is 98.4 cm³/mol. The van der Waals surface area contributed by atoms with Crippen molar-refractivity contribution in [1.29, 1.82) is 0 Å². The smallest absolute Gasteiger partial charge is 0.253 e. The van der Waals surface area contributed by atoms with E-state index in [0.29, 0.717) is 11.5 Å². The largest absolute Gasteiger partial charge is 0.457 e. The molecule has 0 aromatic heterocycles. The Morgan fingerprint density at radius 1 is 1.17 bits per heavy atom. The maximum absolute atomic E-state index is 11.9. The zero-order valence-electron chi connectivity index (χ0n) is 12.5. The number of nitrogens with zero attached hydrogens (tertiary/aromatic N) is 2. The third-order valence-electron chi connectivity index (χ3n) is 3.09. The predicted octanol–water partition coefficient (Wildman–Crippen LogP) is 3.77. The van der Waals surface area contributed by atoms with Crippen LogP contribution in [0.2, 0.25) is 0 Å². The number of rotatable bonds is 4. The molecule has 2 aromatic carbocycles. The molecule has 1 unspecified atom stereocenters. The van der Waals surface area contributed by atoms with E-state index in [2.05, 4.69) is 20.3 Å². The Morgan fingerprint density at radius 3 is 2.71 bits per heavy atom. The molecule has 122 valence electrons. The SMILES string of the molecule is O=C(NC(=S)Nc1cccc(Oc2ccccc2)c1)C1CSN=N1. The van der Waals surface area contributed by atoms with E-state index >= 15 is 0 Å². The van der Waals surface area contributed by atoms with Crippen LogP contribution in [0.4, 0.5) is 5.69 Å². The number of anilines is 1. The summed E-state index contributed by atoms with van der Waals surface area (Å²) in [7, 11) is 0. The number of carbonyl (C=O) groups is 1. The van der Waals surface area contributed by atoms with E-state index < -0.39 is 6.04 Å². The van der Waals surface area contributed by atoms with Gasteiger partial charge in [0.1, 0.15) is 11.5 Å². The Morgan fingerprint density at radius 2 is 1.96 bits per heavy atom. The zero-order chi connectivity index (χ0) is 16.8. The molecular formula is C16H14N4O2S2. The summed E-state index contributed by atoms with van der Waals surface area (Å²) in [4.78, 5) is 11.9. The Kier molecular flexibility index (Phi) is 5.39. The van der Waals surface area contributed by atoms with Crippen LogP contribution in [0.25, 0.3) is 0 Å². The summed E-state index contributed by atoms with van der Waals surface area (Å²) in [5.41, 5.74) is 0.719. The molecule has 2 aromatic rings. The third-order valence-corrected chi connectivity index (χ3v) is 3.97. The van der Waals surface area contributed by atoms with Gasteiger partial charge in [0, 0.05) is 23.7 Å². The highest BCUT2D eigenvalue weighted by molar-refractivity contribution is 7.98. The number of ether oxygens (including phenoxy) is 1. The fourth-order valence-electron chi connectivity index (χ4n) is 1.98. The summed E-state index contributed by atoms with van der Waals surface area (Å²) in [5.74, 6) is 1.68. The molecule has 1 aliphatic rings. The monoisotopic (exact) mass is 358 g/mol. The van der Waals surface area contributed by atoms with Gasteiger partial charge in [0.2, 0.25) is 0 Å². The van der Waals surface area contributed by atoms with Gasteiger partial charge in [-0.25, -0.2) is 0 Å². The normalized spacial score (nSPS) is 15.8. The minimum atomic E-state index is -0.484. The van der Waals surface area contributed by atoms with Crippen molar-refractivity contribution in [2.75, 3.05) is 11.1 Å². The summed E-state index contributed by atoms with van der Waals surface area (Å²) in [6.07, 6.45) is 0. The van der Waals surface area contributed by atoms with Gasteiger partial charge in [0.25, 0.3) is 5.91 Å². The highest BCUT2D eigenvalue weighted by Gasteiger charge is 2.22. The van der Waals surface area contributed by atoms with Crippen LogP contribution >= 0.6 is 24.2 Å². The average molecular weight is 358 g/mol. The van der Waals surface area contributed by atoms with Crippen LogP contribution in [-0.2, 0) is 4.79 Å². The maximum Gasteiger partial charge on any atom is 0.253 e. The van der Waals surface area contributed by atoms with Crippen molar-refractivity contribution in [1.82, 2.24) is 5.32 Å². The fourth-order valence-corrected chi connectivity index (χ4v) is 2.80. The molecule has 2 N–H and O–H groups in total. The summed E-state index contributed by atoms with van der Waals surface area (Å²) in [5, 5.41) is 9.61. The van der Waals surface area contributed by atoms with E-state index in [1.54, 1.807) is 6.07 Å². The number of benzene rings is 2. The lowest BCUT2D eigenvalue weighted by Gasteiger charge is -2.12. The zero-order valence-corrected chi connectivity index (χ0v) is 14.1. The molecule has 1 atom stereocenters. The Bertz CT molecular complexity index is 768. The van der Waals surface area contributed by atoms with Crippen LogP contribution < -0.4 is 15.4 Å². The quantitative estimate of drug-likeness (QED) is 0.643. The van der Waals surface area contributed by atoms with Crippen molar-refractivity contribution in [2.45, 2.75) is 6.04 Å². The number of para-hydroxylation sites is 1. The highest BCUT2D eigenvalue weighted by atomic mass is 32.2. The first-order valence-electron chi connectivity index (χ1n) is 7.17. The first-order chi connectivity index (χ1) is 11.7. The summed E-state index contributed by atoms with van der Waals surface area (Å²) >= 11 is 6.42. The van der Waals surface area contributed by atoms with Gasteiger partial charge in [0.15, 0.2) is 11.2 Å². The standard InChI is InChI=1S/C16H14N4O2S2/c21-15(14-10-24-20-19-14)18-16(23)17-11-5-4-8-13(9-11)22-12-6-2-1-3-7-12/h1-9,14H,10H2,(H2,17,18,21,23). The van der Waals surface area contributed by atoms with Crippen LogP contribution in [0.15, 0.2) is 64.2 Å². The molecule has 0 aliphatic carbocycles. The molecule has 1 amide bonds. The molecule has 0 bridgehead atoms. The van der Waals surface area contributed by atoms with E-state index in [0.717, 1.165) is 11.4 Å². The van der Waals surface area contributed by atoms with Gasteiger partial charge in [-0.15, -0.1) is 4.52 Å². The van der Waals surface area contributed by atoms with Crippen LogP contribution in [0.1, 0.15) is 0 Å². The molecule has 6 nitrogen and oxygen atoms in total. The van der Waals surface area contributed by atoms with Crippen LogP contribution in [0, 0.1) is 0 Å². The van der Waals surface area contributed by atoms with Gasteiger partial charge in [-0.05, 0) is 36.5 Å². The molecule has 0 saturated carbocycles. The summed E-state index contributed by atoms with van der Waals surface area (Å²) in [6.45, 7) is 0. The number of carbonyl (C=O) groups excluding carboxylic acids is 1. The summed E-state index contributed by atoms with van der Waals surface area (Å²) < 4.78 is 9.49. The molecule has 0 radical (unpaired) electrons. The van der Waals surface area contributed by atoms with Gasteiger partial charge in [-0.1, -0.05) is 24.3 Å². The summed E-state index contributed by atoms with van der Waals surface area (Å²) in [6, 6.07) is 16.3. The van der Waals surface area contributed by atoms with E-state index in [9.17, 15) is 4.79 Å². The fraction of sp³-hybridized carbons (Fsp3) is 0.125. The van der Waals surface area contributed by atoms with Crippen molar-refractivity contribution in [3.8, 4) is 11.5 Å². The second kappa shape index (κ2) is 7.89. The molecule has 3 rings (SSSR count). The minimum absolute atomic E-state index is 0.212. The van der Waals surface area contributed by atoms with Crippen molar-refractivity contribution in [2.24, 2.45) is 9.63 Å². The lowest BCUT2D eigenvalue weighted by atomic mass is 10.3. The second-order valence-electron chi connectivity index (χ2n) is 4.90. The first-order valence-corrected chi connectivity index (χ1v) is 8.53. The molecule has 1 aliphatic heterocycles. The lowest BCUT2D eigenvalue weighted by Crippen LogP contribution is -2.40. The number of nitrogens with one attached hydrogen (secondary N) is 2. The maximum atomic E-state index is 11.9. The van der Waals surface area contributed by atoms with Crippen LogP contribution in [0.3, 0.4) is 0 Å². The molecule has 0 fully saturated rings. The highest BCUT2D eigenvalue weighted by Crippen LogP contribution is 2.23. The van der Waals surface area contributed by atoms with Crippen LogP contribution in [0.5, 0.6) is 11.5 Å². The molecule has 0 spiro atoms. The number of hydrogen-bond acceptors (Lipinski definition) is 6. The Labute approximate surface area is 148 Å². The minimum Gasteiger partial charge on any atom is -0.457 e. The molecular weight excluding hydrogens is 344 g/mol. The second-order valence-corrected chi connectivity index (χ2v) is 6.06.